The van der Waals surface area contributed by atoms with Crippen LogP contribution in [0.25, 0.3) is 0 Å². The fourth-order valence-electron chi connectivity index (χ4n) is 2.73. The van der Waals surface area contributed by atoms with Crippen LogP contribution in [0.4, 0.5) is 4.39 Å². The first-order valence-electron chi connectivity index (χ1n) is 7.72. The number of ether oxygens (including phenoxy) is 1. The third-order valence-corrected chi connectivity index (χ3v) is 4.22. The summed E-state index contributed by atoms with van der Waals surface area (Å²) in [6.45, 7) is 2.36. The number of hydrogen-bond donors (Lipinski definition) is 0. The molecule has 2 aromatic carbocycles. The Labute approximate surface area is 135 Å². The average Bonchev–Trinajstić information content (AvgIpc) is 3.37. The molecule has 0 aromatic heterocycles. The van der Waals surface area contributed by atoms with Crippen LogP contribution in [0, 0.1) is 11.7 Å². The van der Waals surface area contributed by atoms with Gasteiger partial charge in [-0.1, -0.05) is 29.4 Å². The molecule has 23 heavy (non-hydrogen) atoms. The fraction of sp³-hybridized carbons (Fsp3) is 0.316. The topological polar surface area (TPSA) is 30.8 Å². The molecule has 0 spiro atoms. The maximum absolute atomic E-state index is 12.8. The Hall–Kier alpha value is -2.36. The highest BCUT2D eigenvalue weighted by molar-refractivity contribution is 5.87. The molecule has 4 heteroatoms. The second-order valence-electron chi connectivity index (χ2n) is 5.85. The van der Waals surface area contributed by atoms with E-state index in [-0.39, 0.29) is 5.82 Å². The van der Waals surface area contributed by atoms with Gasteiger partial charge in [-0.05, 0) is 54.7 Å². The van der Waals surface area contributed by atoms with Gasteiger partial charge in [-0.25, -0.2) is 4.39 Å². The normalized spacial score (nSPS) is 20.2. The summed E-state index contributed by atoms with van der Waals surface area (Å²) in [5.74, 6) is 1.59. The number of hydrogen-bond acceptors (Lipinski definition) is 3. The molecule has 0 N–H and O–H groups in total. The van der Waals surface area contributed by atoms with Crippen molar-refractivity contribution in [2.24, 2.45) is 11.1 Å². The predicted octanol–water partition coefficient (Wildman–Crippen LogP) is 4.53. The summed E-state index contributed by atoms with van der Waals surface area (Å²) in [5, 5.41) is 4.21. The lowest BCUT2D eigenvalue weighted by Gasteiger charge is -2.04. The lowest BCUT2D eigenvalue weighted by atomic mass is 10.1. The van der Waals surface area contributed by atoms with Crippen molar-refractivity contribution in [3.05, 3.63) is 65.5 Å². The van der Waals surface area contributed by atoms with Crippen LogP contribution in [0.5, 0.6) is 5.75 Å². The summed E-state index contributed by atoms with van der Waals surface area (Å²) in [5.41, 5.74) is 3.22. The molecule has 3 rings (SSSR count). The predicted molar refractivity (Wildman–Crippen MR) is 88.1 cm³/mol. The molecule has 0 amide bonds. The van der Waals surface area contributed by atoms with Crippen LogP contribution in [0.1, 0.15) is 30.4 Å². The molecule has 0 unspecified atom stereocenters. The number of halogens is 1. The van der Waals surface area contributed by atoms with Crippen molar-refractivity contribution in [1.29, 1.82) is 0 Å². The van der Waals surface area contributed by atoms with Gasteiger partial charge in [0.2, 0.25) is 0 Å². The van der Waals surface area contributed by atoms with Gasteiger partial charge < -0.3 is 9.57 Å². The van der Waals surface area contributed by atoms with E-state index >= 15 is 0 Å². The molecular weight excluding hydrogens is 293 g/mol. The molecule has 0 bridgehead atoms. The van der Waals surface area contributed by atoms with Gasteiger partial charge in [-0.3, -0.25) is 0 Å². The van der Waals surface area contributed by atoms with E-state index < -0.39 is 0 Å². The number of nitrogens with zero attached hydrogens (tertiary/aromatic N) is 1. The monoisotopic (exact) mass is 313 g/mol. The SMILES string of the molecule is COc1ccc([C@@H]2C[C@H]2/C(C)=N\OCc2ccc(F)cc2)cc1. The van der Waals surface area contributed by atoms with Gasteiger partial charge in [0.1, 0.15) is 18.2 Å². The van der Waals surface area contributed by atoms with Crippen molar-refractivity contribution in [3.63, 3.8) is 0 Å². The van der Waals surface area contributed by atoms with Crippen LogP contribution < -0.4 is 4.74 Å². The van der Waals surface area contributed by atoms with Crippen molar-refractivity contribution < 1.29 is 14.0 Å². The minimum atomic E-state index is -0.242. The highest BCUT2D eigenvalue weighted by Crippen LogP contribution is 2.48. The van der Waals surface area contributed by atoms with E-state index in [1.54, 1.807) is 19.2 Å². The van der Waals surface area contributed by atoms with Crippen molar-refractivity contribution in [3.8, 4) is 5.75 Å². The van der Waals surface area contributed by atoms with Gasteiger partial charge >= 0.3 is 0 Å². The second-order valence-corrected chi connectivity index (χ2v) is 5.85. The smallest absolute Gasteiger partial charge is 0.142 e. The highest BCUT2D eigenvalue weighted by Gasteiger charge is 2.40. The molecule has 3 nitrogen and oxygen atoms in total. The van der Waals surface area contributed by atoms with Crippen molar-refractivity contribution in [2.45, 2.75) is 25.9 Å². The summed E-state index contributed by atoms with van der Waals surface area (Å²) < 4.78 is 18.0. The lowest BCUT2D eigenvalue weighted by Crippen LogP contribution is -1.99. The summed E-state index contributed by atoms with van der Waals surface area (Å²) in [6.07, 6.45) is 1.10. The molecular formula is C19H20FNO2. The second kappa shape index (κ2) is 6.82. The van der Waals surface area contributed by atoms with Crippen molar-refractivity contribution in [1.82, 2.24) is 0 Å². The van der Waals surface area contributed by atoms with Crippen LogP contribution in [-0.2, 0) is 11.4 Å². The van der Waals surface area contributed by atoms with Gasteiger partial charge in [0.05, 0.1) is 12.8 Å². The van der Waals surface area contributed by atoms with E-state index in [9.17, 15) is 4.39 Å². The fourth-order valence-corrected chi connectivity index (χ4v) is 2.73. The third-order valence-electron chi connectivity index (χ3n) is 4.22. The number of rotatable bonds is 6. The number of oxime groups is 1. The summed E-state index contributed by atoms with van der Waals surface area (Å²) in [4.78, 5) is 5.39. The van der Waals surface area contributed by atoms with E-state index in [0.29, 0.717) is 18.4 Å². The minimum absolute atomic E-state index is 0.242. The Morgan fingerprint density at radius 1 is 1.13 bits per heavy atom. The minimum Gasteiger partial charge on any atom is -0.497 e. The first kappa shape index (κ1) is 15.5. The Morgan fingerprint density at radius 3 is 2.48 bits per heavy atom. The van der Waals surface area contributed by atoms with E-state index in [4.69, 9.17) is 9.57 Å². The largest absolute Gasteiger partial charge is 0.497 e. The Bertz CT molecular complexity index is 680. The standard InChI is InChI=1S/C19H20FNO2/c1-13(21-23-12-14-3-7-16(20)8-4-14)18-11-19(18)15-5-9-17(22-2)10-6-15/h3-10,18-19H,11-12H2,1-2H3/b21-13-/t18-,19-/m0/s1. The molecule has 1 fully saturated rings. The quantitative estimate of drug-likeness (QED) is 0.579. The first-order chi connectivity index (χ1) is 11.2. The zero-order valence-corrected chi connectivity index (χ0v) is 13.3. The van der Waals surface area contributed by atoms with Gasteiger partial charge in [-0.15, -0.1) is 0 Å². The molecule has 0 aliphatic heterocycles. The molecule has 1 aliphatic carbocycles. The molecule has 1 saturated carbocycles. The van der Waals surface area contributed by atoms with Gasteiger partial charge in [-0.2, -0.15) is 0 Å². The summed E-state index contributed by atoms with van der Waals surface area (Å²) in [6, 6.07) is 14.5. The van der Waals surface area contributed by atoms with Crippen LogP contribution in [0.15, 0.2) is 53.7 Å². The summed E-state index contributed by atoms with van der Waals surface area (Å²) >= 11 is 0. The number of benzene rings is 2. The molecule has 2 aromatic rings. The zero-order valence-electron chi connectivity index (χ0n) is 13.3. The van der Waals surface area contributed by atoms with Crippen molar-refractivity contribution >= 4 is 5.71 Å². The van der Waals surface area contributed by atoms with Crippen LogP contribution in [0.2, 0.25) is 0 Å². The van der Waals surface area contributed by atoms with Gasteiger partial charge in [0, 0.05) is 5.92 Å². The molecule has 0 saturated heterocycles. The molecule has 1 aliphatic rings. The summed E-state index contributed by atoms with van der Waals surface area (Å²) in [7, 11) is 1.67. The Kier molecular flexibility index (Phi) is 4.60. The molecule has 0 heterocycles. The molecule has 120 valence electrons. The Balaban J connectivity index is 1.52. The molecule has 2 atom stereocenters. The van der Waals surface area contributed by atoms with Crippen molar-refractivity contribution in [2.75, 3.05) is 7.11 Å². The lowest BCUT2D eigenvalue weighted by molar-refractivity contribution is 0.129. The van der Waals surface area contributed by atoms with Crippen LogP contribution in [0.3, 0.4) is 0 Å². The average molecular weight is 313 g/mol. The van der Waals surface area contributed by atoms with E-state index in [1.165, 1.54) is 17.7 Å². The van der Waals surface area contributed by atoms with Crippen LogP contribution in [-0.4, -0.2) is 12.8 Å². The highest BCUT2D eigenvalue weighted by atomic mass is 19.1. The van der Waals surface area contributed by atoms with Gasteiger partial charge in [0.15, 0.2) is 0 Å². The van der Waals surface area contributed by atoms with E-state index in [2.05, 4.69) is 17.3 Å². The maximum Gasteiger partial charge on any atom is 0.142 e. The Morgan fingerprint density at radius 2 is 1.83 bits per heavy atom. The third kappa shape index (κ3) is 3.89. The zero-order chi connectivity index (χ0) is 16.2. The number of methoxy groups -OCH3 is 1. The van der Waals surface area contributed by atoms with Gasteiger partial charge in [0.25, 0.3) is 0 Å². The van der Waals surface area contributed by atoms with E-state index in [1.807, 2.05) is 19.1 Å². The maximum atomic E-state index is 12.8. The van der Waals surface area contributed by atoms with Crippen LogP contribution >= 0.6 is 0 Å². The van der Waals surface area contributed by atoms with E-state index in [0.717, 1.165) is 23.4 Å². The first-order valence-corrected chi connectivity index (χ1v) is 7.72. The molecule has 0 radical (unpaired) electrons.